The molecule has 324 valence electrons. The molecule has 0 saturated carbocycles. The number of carbonyl (C=O) groups excluding carboxylic acids is 3. The molecule has 0 spiro atoms. The topological polar surface area (TPSA) is 78.9 Å². The third-order valence-corrected chi connectivity index (χ3v) is 9.43. The second-order valence-electron chi connectivity index (χ2n) is 15.0. The van der Waals surface area contributed by atoms with Crippen LogP contribution in [0.25, 0.3) is 0 Å². The molecule has 0 aromatic rings. The Bertz CT molecular complexity index is 1140. The Morgan fingerprint density at radius 1 is 0.386 bits per heavy atom. The minimum Gasteiger partial charge on any atom is -0.462 e. The minimum atomic E-state index is -0.803. The van der Waals surface area contributed by atoms with E-state index < -0.39 is 6.10 Å². The average Bonchev–Trinajstić information content (AvgIpc) is 3.21. The number of ether oxygens (including phenoxy) is 3. The molecular weight excluding hydrogens is 709 g/mol. The van der Waals surface area contributed by atoms with Gasteiger partial charge in [0.05, 0.1) is 0 Å². The molecule has 1 unspecified atom stereocenters. The maximum Gasteiger partial charge on any atom is 0.306 e. The van der Waals surface area contributed by atoms with Crippen LogP contribution in [-0.4, -0.2) is 37.2 Å². The van der Waals surface area contributed by atoms with Crippen molar-refractivity contribution in [1.82, 2.24) is 0 Å². The van der Waals surface area contributed by atoms with Crippen LogP contribution >= 0.6 is 0 Å². The van der Waals surface area contributed by atoms with Crippen molar-refractivity contribution in [2.45, 2.75) is 207 Å². The molecule has 57 heavy (non-hydrogen) atoms. The molecule has 6 heteroatoms. The van der Waals surface area contributed by atoms with Crippen molar-refractivity contribution < 1.29 is 28.6 Å². The van der Waals surface area contributed by atoms with Crippen molar-refractivity contribution in [3.63, 3.8) is 0 Å². The average molecular weight is 793 g/mol. The lowest BCUT2D eigenvalue weighted by atomic mass is 10.1. The Labute approximate surface area is 350 Å². The largest absolute Gasteiger partial charge is 0.462 e. The first-order chi connectivity index (χ1) is 28.0. The van der Waals surface area contributed by atoms with Crippen LogP contribution in [0.15, 0.2) is 85.1 Å². The number of allylic oxidation sites excluding steroid dienone is 14. The van der Waals surface area contributed by atoms with Gasteiger partial charge in [-0.1, -0.05) is 170 Å². The minimum absolute atomic E-state index is 0.101. The van der Waals surface area contributed by atoms with E-state index in [1.54, 1.807) is 0 Å². The van der Waals surface area contributed by atoms with Crippen LogP contribution in [0.5, 0.6) is 0 Å². The summed E-state index contributed by atoms with van der Waals surface area (Å²) in [5, 5.41) is 0. The zero-order valence-corrected chi connectivity index (χ0v) is 36.8. The molecule has 0 aliphatic heterocycles. The highest BCUT2D eigenvalue weighted by atomic mass is 16.6. The van der Waals surface area contributed by atoms with Gasteiger partial charge < -0.3 is 14.2 Å². The van der Waals surface area contributed by atoms with Gasteiger partial charge in [0, 0.05) is 19.3 Å². The van der Waals surface area contributed by atoms with Crippen LogP contribution in [0.3, 0.4) is 0 Å². The Hall–Kier alpha value is -3.41. The first kappa shape index (κ1) is 53.6. The molecular formula is C51H84O6. The van der Waals surface area contributed by atoms with Crippen molar-refractivity contribution in [3.05, 3.63) is 85.1 Å². The number of hydrogen-bond acceptors (Lipinski definition) is 6. The van der Waals surface area contributed by atoms with E-state index in [0.717, 1.165) is 96.3 Å². The second-order valence-corrected chi connectivity index (χ2v) is 15.0. The zero-order valence-electron chi connectivity index (χ0n) is 36.8. The van der Waals surface area contributed by atoms with Gasteiger partial charge in [-0.05, 0) is 96.3 Å². The van der Waals surface area contributed by atoms with Gasteiger partial charge in [0.15, 0.2) is 6.10 Å². The van der Waals surface area contributed by atoms with E-state index >= 15 is 0 Å². The maximum atomic E-state index is 12.7. The molecule has 0 rings (SSSR count). The summed E-state index contributed by atoms with van der Waals surface area (Å²) in [5.41, 5.74) is 0. The highest BCUT2D eigenvalue weighted by molar-refractivity contribution is 5.71. The van der Waals surface area contributed by atoms with Crippen molar-refractivity contribution in [2.75, 3.05) is 13.2 Å². The smallest absolute Gasteiger partial charge is 0.306 e. The normalized spacial score (nSPS) is 12.8. The SMILES string of the molecule is CC\C=C/C=C\C=C/CCCCCCCCCC(=O)OCC(COC(=O)CCCCCCC/C=C\CCCCC)OC(=O)CCCC/C=C\C/C=C\C/C=C\CC. The predicted molar refractivity (Wildman–Crippen MR) is 242 cm³/mol. The molecule has 0 aliphatic rings. The molecule has 0 bridgehead atoms. The number of hydrogen-bond donors (Lipinski definition) is 0. The first-order valence-corrected chi connectivity index (χ1v) is 23.1. The third kappa shape index (κ3) is 43.6. The highest BCUT2D eigenvalue weighted by Crippen LogP contribution is 2.13. The van der Waals surface area contributed by atoms with Crippen LogP contribution in [0.4, 0.5) is 0 Å². The van der Waals surface area contributed by atoms with Crippen LogP contribution < -0.4 is 0 Å². The van der Waals surface area contributed by atoms with Gasteiger partial charge in [-0.15, -0.1) is 0 Å². The fraction of sp³-hybridized carbons (Fsp3) is 0.667. The van der Waals surface area contributed by atoms with Crippen molar-refractivity contribution >= 4 is 17.9 Å². The molecule has 1 atom stereocenters. The van der Waals surface area contributed by atoms with E-state index in [0.29, 0.717) is 19.3 Å². The van der Waals surface area contributed by atoms with E-state index in [-0.39, 0.29) is 37.5 Å². The highest BCUT2D eigenvalue weighted by Gasteiger charge is 2.19. The number of carbonyl (C=O) groups is 3. The first-order valence-electron chi connectivity index (χ1n) is 23.1. The Morgan fingerprint density at radius 3 is 1.32 bits per heavy atom. The molecule has 0 N–H and O–H groups in total. The standard InChI is InChI=1S/C51H84O6/c1-4-7-10-13-16-19-22-25-26-27-30-32-35-38-41-44-50(53)56-47-48(57-51(54)45-42-39-36-33-29-24-21-18-15-12-9-6-3)46-55-49(52)43-40-37-34-31-28-23-20-17-14-11-8-5-2/h7,9-10,12-13,16-22,29,33,48H,4-6,8,11,14-15,23-28,30-32,34-47H2,1-3H3/b10-7-,12-9-,16-13-,20-17-,21-18-,22-19-,33-29-. The number of esters is 3. The Kier molecular flexibility index (Phi) is 42.6. The van der Waals surface area contributed by atoms with Gasteiger partial charge in [0.25, 0.3) is 0 Å². The van der Waals surface area contributed by atoms with Gasteiger partial charge >= 0.3 is 17.9 Å². The van der Waals surface area contributed by atoms with Crippen molar-refractivity contribution in [3.8, 4) is 0 Å². The Balaban J connectivity index is 4.46. The summed E-state index contributed by atoms with van der Waals surface area (Å²) in [5.74, 6) is -0.970. The molecule has 0 heterocycles. The number of rotatable bonds is 40. The summed E-state index contributed by atoms with van der Waals surface area (Å²) in [4.78, 5) is 37.8. The third-order valence-electron chi connectivity index (χ3n) is 9.43. The summed E-state index contributed by atoms with van der Waals surface area (Å²) >= 11 is 0. The van der Waals surface area contributed by atoms with Gasteiger partial charge in [-0.25, -0.2) is 0 Å². The van der Waals surface area contributed by atoms with Crippen LogP contribution in [-0.2, 0) is 28.6 Å². The Morgan fingerprint density at radius 2 is 0.772 bits per heavy atom. The molecule has 0 aliphatic carbocycles. The molecule has 0 fully saturated rings. The molecule has 0 aromatic carbocycles. The molecule has 0 aromatic heterocycles. The number of unbranched alkanes of at least 4 members (excludes halogenated alkanes) is 17. The monoisotopic (exact) mass is 793 g/mol. The summed E-state index contributed by atoms with van der Waals surface area (Å²) in [7, 11) is 0. The summed E-state index contributed by atoms with van der Waals surface area (Å²) in [6.45, 7) is 6.29. The summed E-state index contributed by atoms with van der Waals surface area (Å²) in [6.07, 6.45) is 57.1. The lowest BCUT2D eigenvalue weighted by Crippen LogP contribution is -2.30. The second kappa shape index (κ2) is 45.3. The van der Waals surface area contributed by atoms with E-state index in [1.165, 1.54) is 57.8 Å². The van der Waals surface area contributed by atoms with Gasteiger partial charge in [0.2, 0.25) is 0 Å². The molecule has 6 nitrogen and oxygen atoms in total. The van der Waals surface area contributed by atoms with Gasteiger partial charge in [-0.2, -0.15) is 0 Å². The van der Waals surface area contributed by atoms with Crippen molar-refractivity contribution in [2.24, 2.45) is 0 Å². The van der Waals surface area contributed by atoms with Crippen LogP contribution in [0, 0.1) is 0 Å². The summed E-state index contributed by atoms with van der Waals surface area (Å²) < 4.78 is 16.7. The maximum absolute atomic E-state index is 12.7. The van der Waals surface area contributed by atoms with E-state index in [2.05, 4.69) is 106 Å². The zero-order chi connectivity index (χ0) is 41.5. The fourth-order valence-corrected chi connectivity index (χ4v) is 5.98. The molecule has 0 saturated heterocycles. The van der Waals surface area contributed by atoms with E-state index in [4.69, 9.17) is 14.2 Å². The van der Waals surface area contributed by atoms with Crippen molar-refractivity contribution in [1.29, 1.82) is 0 Å². The molecule has 0 amide bonds. The lowest BCUT2D eigenvalue weighted by molar-refractivity contribution is -0.167. The van der Waals surface area contributed by atoms with E-state index in [9.17, 15) is 14.4 Å². The fourth-order valence-electron chi connectivity index (χ4n) is 5.98. The predicted octanol–water partition coefficient (Wildman–Crippen LogP) is 14.9. The van der Waals surface area contributed by atoms with E-state index in [1.807, 2.05) is 0 Å². The van der Waals surface area contributed by atoms with Crippen LogP contribution in [0.2, 0.25) is 0 Å². The lowest BCUT2D eigenvalue weighted by Gasteiger charge is -2.18. The quantitative estimate of drug-likeness (QED) is 0.0202. The van der Waals surface area contributed by atoms with Gasteiger partial charge in [0.1, 0.15) is 13.2 Å². The molecule has 0 radical (unpaired) electrons. The summed E-state index contributed by atoms with van der Waals surface area (Å²) in [6, 6.07) is 0. The van der Waals surface area contributed by atoms with Crippen LogP contribution in [0.1, 0.15) is 201 Å². The van der Waals surface area contributed by atoms with Gasteiger partial charge in [-0.3, -0.25) is 14.4 Å².